The van der Waals surface area contributed by atoms with Gasteiger partial charge in [0.25, 0.3) is 0 Å². The van der Waals surface area contributed by atoms with Crippen LogP contribution in [0.25, 0.3) is 0 Å². The van der Waals surface area contributed by atoms with E-state index in [4.69, 9.17) is 15.2 Å². The average molecular weight is 294 g/mol. The molecule has 21 heavy (non-hydrogen) atoms. The Kier molecular flexibility index (Phi) is 7.02. The highest BCUT2D eigenvalue weighted by Crippen LogP contribution is 2.16. The van der Waals surface area contributed by atoms with E-state index in [9.17, 15) is 4.79 Å². The summed E-state index contributed by atoms with van der Waals surface area (Å²) in [5.74, 6) is 1.68. The number of carbonyl (C=O) groups is 1. The summed E-state index contributed by atoms with van der Waals surface area (Å²) >= 11 is 0. The average Bonchev–Trinajstić information content (AvgIpc) is 2.53. The number of likely N-dealkylation sites (N-methyl/N-ethyl adjacent to an activating group) is 1. The summed E-state index contributed by atoms with van der Waals surface area (Å²) in [6.45, 7) is 4.96. The zero-order chi connectivity index (χ0) is 15.8. The lowest BCUT2D eigenvalue weighted by Crippen LogP contribution is -2.46. The second-order valence-corrected chi connectivity index (χ2v) is 5.20. The van der Waals surface area contributed by atoms with Crippen LogP contribution in [0.1, 0.15) is 20.3 Å². The van der Waals surface area contributed by atoms with Crippen molar-refractivity contribution >= 4 is 5.91 Å². The summed E-state index contributed by atoms with van der Waals surface area (Å²) in [4.78, 5) is 13.7. The molecule has 0 aliphatic rings. The van der Waals surface area contributed by atoms with E-state index in [0.29, 0.717) is 13.2 Å². The molecule has 0 heterocycles. The van der Waals surface area contributed by atoms with Gasteiger partial charge in [0.2, 0.25) is 5.91 Å². The van der Waals surface area contributed by atoms with Gasteiger partial charge in [0, 0.05) is 7.05 Å². The second-order valence-electron chi connectivity index (χ2n) is 5.20. The highest BCUT2D eigenvalue weighted by Gasteiger charge is 2.22. The number of hydrogen-bond donors (Lipinski definition) is 1. The van der Waals surface area contributed by atoms with E-state index in [1.165, 1.54) is 0 Å². The number of methoxy groups -OCH3 is 1. The maximum Gasteiger partial charge on any atom is 0.239 e. The van der Waals surface area contributed by atoms with Crippen molar-refractivity contribution in [2.75, 3.05) is 27.3 Å². The van der Waals surface area contributed by atoms with Gasteiger partial charge in [0.15, 0.2) is 0 Å². The first-order chi connectivity index (χ1) is 9.99. The van der Waals surface area contributed by atoms with Gasteiger partial charge in [-0.25, -0.2) is 0 Å². The maximum absolute atomic E-state index is 12.1. The number of rotatable bonds is 8. The third-order valence-electron chi connectivity index (χ3n) is 3.67. The molecular formula is C16H26N2O3. The quantitative estimate of drug-likeness (QED) is 0.795. The van der Waals surface area contributed by atoms with E-state index < -0.39 is 6.04 Å². The first-order valence-corrected chi connectivity index (χ1v) is 7.27. The zero-order valence-electron chi connectivity index (χ0n) is 13.3. The minimum atomic E-state index is -0.444. The molecular weight excluding hydrogens is 268 g/mol. The van der Waals surface area contributed by atoms with Crippen LogP contribution < -0.4 is 15.2 Å². The molecule has 0 fully saturated rings. The molecule has 1 rings (SSSR count). The van der Waals surface area contributed by atoms with E-state index >= 15 is 0 Å². The number of hydrogen-bond acceptors (Lipinski definition) is 4. The molecule has 1 aromatic rings. The Morgan fingerprint density at radius 2 is 1.86 bits per heavy atom. The third-order valence-corrected chi connectivity index (χ3v) is 3.67. The molecule has 5 nitrogen and oxygen atoms in total. The van der Waals surface area contributed by atoms with E-state index in [-0.39, 0.29) is 11.8 Å². The second kappa shape index (κ2) is 8.52. The zero-order valence-corrected chi connectivity index (χ0v) is 13.3. The number of amides is 1. The minimum absolute atomic E-state index is 0.0392. The molecule has 0 radical (unpaired) electrons. The van der Waals surface area contributed by atoms with Gasteiger partial charge >= 0.3 is 0 Å². The van der Waals surface area contributed by atoms with Gasteiger partial charge in [-0.15, -0.1) is 0 Å². The summed E-state index contributed by atoms with van der Waals surface area (Å²) in [5.41, 5.74) is 5.94. The SMILES string of the molecule is CCC(C)C(N)C(=O)N(C)CCOc1ccc(OC)cc1. The monoisotopic (exact) mass is 294 g/mol. The van der Waals surface area contributed by atoms with Crippen LogP contribution in [0.15, 0.2) is 24.3 Å². The molecule has 5 heteroatoms. The minimum Gasteiger partial charge on any atom is -0.497 e. The van der Waals surface area contributed by atoms with Crippen LogP contribution in [-0.4, -0.2) is 44.2 Å². The Balaban J connectivity index is 2.38. The van der Waals surface area contributed by atoms with E-state index in [0.717, 1.165) is 17.9 Å². The van der Waals surface area contributed by atoms with Gasteiger partial charge in [-0.2, -0.15) is 0 Å². The van der Waals surface area contributed by atoms with Crippen LogP contribution in [0, 0.1) is 5.92 Å². The molecule has 2 N–H and O–H groups in total. The molecule has 0 saturated carbocycles. The van der Waals surface area contributed by atoms with Crippen LogP contribution in [0.5, 0.6) is 11.5 Å². The molecule has 118 valence electrons. The van der Waals surface area contributed by atoms with Crippen molar-refractivity contribution in [1.82, 2.24) is 4.90 Å². The Morgan fingerprint density at radius 1 is 1.29 bits per heavy atom. The summed E-state index contributed by atoms with van der Waals surface area (Å²) in [5, 5.41) is 0. The lowest BCUT2D eigenvalue weighted by molar-refractivity contribution is -0.132. The fourth-order valence-electron chi connectivity index (χ4n) is 1.83. The van der Waals surface area contributed by atoms with Crippen molar-refractivity contribution in [3.8, 4) is 11.5 Å². The normalized spacial score (nSPS) is 13.4. The number of ether oxygens (including phenoxy) is 2. The summed E-state index contributed by atoms with van der Waals surface area (Å²) in [6, 6.07) is 6.91. The topological polar surface area (TPSA) is 64.8 Å². The Labute approximate surface area is 127 Å². The third kappa shape index (κ3) is 5.27. The summed E-state index contributed by atoms with van der Waals surface area (Å²) < 4.78 is 10.7. The number of carbonyl (C=O) groups excluding carboxylic acids is 1. The van der Waals surface area contributed by atoms with Crippen molar-refractivity contribution in [1.29, 1.82) is 0 Å². The van der Waals surface area contributed by atoms with Gasteiger partial charge in [-0.3, -0.25) is 4.79 Å². The number of nitrogens with two attached hydrogens (primary N) is 1. The molecule has 0 aromatic heterocycles. The first kappa shape index (κ1) is 17.3. The smallest absolute Gasteiger partial charge is 0.239 e. The van der Waals surface area contributed by atoms with Crippen LogP contribution in [0.4, 0.5) is 0 Å². The maximum atomic E-state index is 12.1. The molecule has 0 aliphatic carbocycles. The molecule has 0 bridgehead atoms. The van der Waals surface area contributed by atoms with Crippen LogP contribution in [0.2, 0.25) is 0 Å². The van der Waals surface area contributed by atoms with Crippen molar-refractivity contribution in [2.24, 2.45) is 11.7 Å². The molecule has 1 amide bonds. The van der Waals surface area contributed by atoms with Gasteiger partial charge < -0.3 is 20.1 Å². The van der Waals surface area contributed by atoms with Gasteiger partial charge in [-0.1, -0.05) is 20.3 Å². The Bertz CT molecular complexity index is 434. The lowest BCUT2D eigenvalue weighted by Gasteiger charge is -2.24. The van der Waals surface area contributed by atoms with Crippen LogP contribution >= 0.6 is 0 Å². The Morgan fingerprint density at radius 3 is 2.38 bits per heavy atom. The molecule has 0 aliphatic heterocycles. The molecule has 0 spiro atoms. The van der Waals surface area contributed by atoms with Gasteiger partial charge in [0.05, 0.1) is 19.7 Å². The molecule has 1 aromatic carbocycles. The predicted molar refractivity (Wildman–Crippen MR) is 83.6 cm³/mol. The molecule has 2 unspecified atom stereocenters. The van der Waals surface area contributed by atoms with Gasteiger partial charge in [-0.05, 0) is 30.2 Å². The van der Waals surface area contributed by atoms with Crippen molar-refractivity contribution < 1.29 is 14.3 Å². The van der Waals surface area contributed by atoms with E-state index in [1.54, 1.807) is 19.1 Å². The van der Waals surface area contributed by atoms with Crippen molar-refractivity contribution in [2.45, 2.75) is 26.3 Å². The van der Waals surface area contributed by atoms with E-state index in [1.807, 2.05) is 38.1 Å². The fourth-order valence-corrected chi connectivity index (χ4v) is 1.83. The summed E-state index contributed by atoms with van der Waals surface area (Å²) in [6.07, 6.45) is 0.892. The van der Waals surface area contributed by atoms with Gasteiger partial charge in [0.1, 0.15) is 18.1 Å². The standard InChI is InChI=1S/C16H26N2O3/c1-5-12(2)15(17)16(19)18(3)10-11-21-14-8-6-13(20-4)7-9-14/h6-9,12,15H,5,10-11,17H2,1-4H3. The lowest BCUT2D eigenvalue weighted by atomic mass is 9.99. The predicted octanol–water partition coefficient (Wildman–Crippen LogP) is 1.91. The summed E-state index contributed by atoms with van der Waals surface area (Å²) in [7, 11) is 3.37. The highest BCUT2D eigenvalue weighted by atomic mass is 16.5. The largest absolute Gasteiger partial charge is 0.497 e. The number of nitrogens with zero attached hydrogens (tertiary/aromatic N) is 1. The van der Waals surface area contributed by atoms with Crippen LogP contribution in [0.3, 0.4) is 0 Å². The number of benzene rings is 1. The van der Waals surface area contributed by atoms with Crippen molar-refractivity contribution in [3.63, 3.8) is 0 Å². The fraction of sp³-hybridized carbons (Fsp3) is 0.562. The van der Waals surface area contributed by atoms with Crippen molar-refractivity contribution in [3.05, 3.63) is 24.3 Å². The van der Waals surface area contributed by atoms with E-state index in [2.05, 4.69) is 0 Å². The Hall–Kier alpha value is -1.75. The van der Waals surface area contributed by atoms with Crippen LogP contribution in [-0.2, 0) is 4.79 Å². The first-order valence-electron chi connectivity index (χ1n) is 7.27. The molecule has 2 atom stereocenters. The highest BCUT2D eigenvalue weighted by molar-refractivity contribution is 5.81. The molecule has 0 saturated heterocycles.